The minimum absolute atomic E-state index is 0.0188. The summed E-state index contributed by atoms with van der Waals surface area (Å²) in [5.74, 6) is 0.706. The maximum absolute atomic E-state index is 13.3. The number of carbonyl (C=O) groups excluding carboxylic acids is 1. The Morgan fingerprint density at radius 3 is 2.70 bits per heavy atom. The summed E-state index contributed by atoms with van der Waals surface area (Å²) >= 11 is 1.58. The van der Waals surface area contributed by atoms with Gasteiger partial charge in [0.05, 0.1) is 6.04 Å². The Labute approximate surface area is 158 Å². The third-order valence-electron chi connectivity index (χ3n) is 5.00. The zero-order valence-electron chi connectivity index (χ0n) is 14.1. The van der Waals surface area contributed by atoms with Crippen LogP contribution in [0.5, 0.6) is 0 Å². The maximum Gasteiger partial charge on any atom is 0.219 e. The van der Waals surface area contributed by atoms with Gasteiger partial charge in [-0.15, -0.1) is 11.3 Å². The van der Waals surface area contributed by atoms with Gasteiger partial charge in [0, 0.05) is 22.6 Å². The highest BCUT2D eigenvalue weighted by molar-refractivity contribution is 7.10. The third kappa shape index (κ3) is 2.82. The molecule has 0 unspecified atom stereocenters. The topological polar surface area (TPSA) is 80.1 Å². The molecule has 2 N–H and O–H groups in total. The van der Waals surface area contributed by atoms with E-state index < -0.39 is 0 Å². The molecular formula is C19H15FN4O2S. The first-order valence-corrected chi connectivity index (χ1v) is 9.48. The number of ketones is 1. The molecule has 2 aromatic heterocycles. The summed E-state index contributed by atoms with van der Waals surface area (Å²) in [5, 5.41) is 16.3. The molecule has 3 heterocycles. The first kappa shape index (κ1) is 16.2. The van der Waals surface area contributed by atoms with Crippen LogP contribution in [0.2, 0.25) is 0 Å². The number of halogens is 1. The van der Waals surface area contributed by atoms with Gasteiger partial charge in [0.1, 0.15) is 5.82 Å². The van der Waals surface area contributed by atoms with E-state index in [0.29, 0.717) is 30.1 Å². The van der Waals surface area contributed by atoms with E-state index >= 15 is 0 Å². The molecule has 0 bridgehead atoms. The highest BCUT2D eigenvalue weighted by Crippen LogP contribution is 2.44. The summed E-state index contributed by atoms with van der Waals surface area (Å²) in [4.78, 5) is 14.2. The van der Waals surface area contributed by atoms with Crippen molar-refractivity contribution in [1.82, 2.24) is 10.3 Å². The Kier molecular flexibility index (Phi) is 3.78. The van der Waals surface area contributed by atoms with Gasteiger partial charge in [-0.2, -0.15) is 0 Å². The molecule has 3 aromatic rings. The number of allylic oxidation sites excluding steroid dienone is 1. The van der Waals surface area contributed by atoms with Crippen molar-refractivity contribution in [2.45, 2.75) is 24.8 Å². The minimum atomic E-state index is -0.303. The largest absolute Gasteiger partial charge is 0.352 e. The van der Waals surface area contributed by atoms with Gasteiger partial charge in [0.15, 0.2) is 5.78 Å². The summed E-state index contributed by atoms with van der Waals surface area (Å²) in [6.07, 6.45) is 1.01. The number of rotatable bonds is 2. The SMILES string of the molecule is O=C1C[C@H](c2ccc(F)cc2)CC2=C1[C@H](c1cccs1)Nc1nonc1N2. The lowest BCUT2D eigenvalue weighted by molar-refractivity contribution is -0.116. The van der Waals surface area contributed by atoms with E-state index in [4.69, 9.17) is 4.63 Å². The Morgan fingerprint density at radius 2 is 1.93 bits per heavy atom. The molecule has 1 aliphatic carbocycles. The number of fused-ring (bicyclic) bond motifs is 1. The third-order valence-corrected chi connectivity index (χ3v) is 5.94. The molecule has 1 aliphatic heterocycles. The van der Waals surface area contributed by atoms with Crippen molar-refractivity contribution in [3.05, 3.63) is 69.3 Å². The van der Waals surface area contributed by atoms with E-state index in [0.717, 1.165) is 16.1 Å². The summed E-state index contributed by atoms with van der Waals surface area (Å²) in [7, 11) is 0. The van der Waals surface area contributed by atoms with Gasteiger partial charge in [-0.1, -0.05) is 18.2 Å². The molecule has 2 atom stereocenters. The van der Waals surface area contributed by atoms with Crippen molar-refractivity contribution < 1.29 is 13.8 Å². The first-order chi connectivity index (χ1) is 13.2. The summed E-state index contributed by atoms with van der Waals surface area (Å²) in [6, 6.07) is 9.99. The highest BCUT2D eigenvalue weighted by atomic mass is 32.1. The molecule has 0 radical (unpaired) electrons. The summed E-state index contributed by atoms with van der Waals surface area (Å²) in [5.41, 5.74) is 2.46. The number of benzene rings is 1. The molecule has 6 nitrogen and oxygen atoms in total. The summed E-state index contributed by atoms with van der Waals surface area (Å²) in [6.45, 7) is 0. The van der Waals surface area contributed by atoms with E-state index in [9.17, 15) is 9.18 Å². The zero-order valence-corrected chi connectivity index (χ0v) is 14.9. The number of nitrogens with zero attached hydrogens (tertiary/aromatic N) is 2. The Bertz CT molecular complexity index is 1030. The van der Waals surface area contributed by atoms with E-state index in [2.05, 4.69) is 20.9 Å². The van der Waals surface area contributed by atoms with Gasteiger partial charge in [0.2, 0.25) is 11.6 Å². The fourth-order valence-corrected chi connectivity index (χ4v) is 4.53. The molecule has 0 fully saturated rings. The van der Waals surface area contributed by atoms with E-state index in [1.807, 2.05) is 17.5 Å². The van der Waals surface area contributed by atoms with E-state index in [1.54, 1.807) is 23.5 Å². The second-order valence-corrected chi connectivity index (χ2v) is 7.63. The van der Waals surface area contributed by atoms with Crippen LogP contribution < -0.4 is 10.6 Å². The average molecular weight is 382 g/mol. The highest BCUT2D eigenvalue weighted by Gasteiger charge is 2.37. The molecule has 27 heavy (non-hydrogen) atoms. The van der Waals surface area contributed by atoms with Crippen LogP contribution >= 0.6 is 11.3 Å². The lowest BCUT2D eigenvalue weighted by Crippen LogP contribution is -2.26. The van der Waals surface area contributed by atoms with Crippen molar-refractivity contribution in [1.29, 1.82) is 0 Å². The van der Waals surface area contributed by atoms with Gasteiger partial charge in [-0.25, -0.2) is 9.02 Å². The molecule has 0 spiro atoms. The number of thiophene rings is 1. The van der Waals surface area contributed by atoms with Crippen LogP contribution in [0.25, 0.3) is 0 Å². The Morgan fingerprint density at radius 1 is 1.11 bits per heavy atom. The summed E-state index contributed by atoms with van der Waals surface area (Å²) < 4.78 is 18.1. The van der Waals surface area contributed by atoms with E-state index in [-0.39, 0.29) is 23.6 Å². The molecule has 0 amide bonds. The van der Waals surface area contributed by atoms with Crippen molar-refractivity contribution >= 4 is 28.8 Å². The Hall–Kier alpha value is -3.00. The zero-order chi connectivity index (χ0) is 18.4. The molecule has 136 valence electrons. The van der Waals surface area contributed by atoms with E-state index in [1.165, 1.54) is 12.1 Å². The molecule has 0 saturated heterocycles. The molecule has 5 rings (SSSR count). The van der Waals surface area contributed by atoms with Crippen LogP contribution in [0.4, 0.5) is 16.0 Å². The van der Waals surface area contributed by atoms with Gasteiger partial charge < -0.3 is 10.6 Å². The second-order valence-electron chi connectivity index (χ2n) is 6.65. The van der Waals surface area contributed by atoms with Gasteiger partial charge >= 0.3 is 0 Å². The Balaban J connectivity index is 1.58. The van der Waals surface area contributed by atoms with Crippen LogP contribution in [0.1, 0.15) is 35.2 Å². The first-order valence-electron chi connectivity index (χ1n) is 8.60. The van der Waals surface area contributed by atoms with Crippen LogP contribution in [0.3, 0.4) is 0 Å². The average Bonchev–Trinajstić information content (AvgIpc) is 3.31. The number of hydrogen-bond donors (Lipinski definition) is 2. The van der Waals surface area contributed by atoms with Gasteiger partial charge in [-0.05, 0) is 51.8 Å². The maximum atomic E-state index is 13.3. The lowest BCUT2D eigenvalue weighted by atomic mass is 9.79. The number of Topliss-reactive ketones (excluding diaryl/α,β-unsaturated/α-hetero) is 1. The minimum Gasteiger partial charge on any atom is -0.352 e. The number of carbonyl (C=O) groups is 1. The van der Waals surface area contributed by atoms with Crippen molar-refractivity contribution in [3.8, 4) is 0 Å². The van der Waals surface area contributed by atoms with Crippen molar-refractivity contribution in [2.24, 2.45) is 0 Å². The number of aromatic nitrogens is 2. The monoisotopic (exact) mass is 382 g/mol. The molecular weight excluding hydrogens is 367 g/mol. The number of anilines is 2. The van der Waals surface area contributed by atoms with Crippen LogP contribution in [0.15, 0.2) is 57.7 Å². The smallest absolute Gasteiger partial charge is 0.219 e. The number of nitrogens with one attached hydrogen (secondary N) is 2. The second kappa shape index (κ2) is 6.31. The predicted molar refractivity (Wildman–Crippen MR) is 99.0 cm³/mol. The normalized spacial score (nSPS) is 21.7. The predicted octanol–water partition coefficient (Wildman–Crippen LogP) is 4.25. The van der Waals surface area contributed by atoms with Crippen LogP contribution in [-0.4, -0.2) is 16.1 Å². The van der Waals surface area contributed by atoms with Crippen LogP contribution in [0, 0.1) is 5.82 Å². The molecule has 1 aromatic carbocycles. The van der Waals surface area contributed by atoms with Crippen molar-refractivity contribution in [3.63, 3.8) is 0 Å². The molecule has 2 aliphatic rings. The van der Waals surface area contributed by atoms with Crippen LogP contribution in [-0.2, 0) is 4.79 Å². The fraction of sp³-hybridized carbons (Fsp3) is 0.211. The quantitative estimate of drug-likeness (QED) is 0.690. The standard InChI is InChI=1S/C19H15FN4O2S/c20-12-5-3-10(4-6-12)11-8-13-16(14(25)9-11)17(15-2-1-7-27-15)22-19-18(21-13)23-26-24-19/h1-7,11,17H,8-9H2,(H,21,23)(H,22,24)/t11-,17+/m1/s1. The molecule has 8 heteroatoms. The fourth-order valence-electron chi connectivity index (χ4n) is 3.74. The van der Waals surface area contributed by atoms with Gasteiger partial charge in [0.25, 0.3) is 0 Å². The number of hydrogen-bond acceptors (Lipinski definition) is 7. The van der Waals surface area contributed by atoms with Gasteiger partial charge in [-0.3, -0.25) is 4.79 Å². The molecule has 0 saturated carbocycles. The van der Waals surface area contributed by atoms with Crippen molar-refractivity contribution in [2.75, 3.05) is 10.6 Å². The lowest BCUT2D eigenvalue weighted by Gasteiger charge is -2.29.